The highest BCUT2D eigenvalue weighted by molar-refractivity contribution is 7.50. The van der Waals surface area contributed by atoms with E-state index in [9.17, 15) is 0 Å². The van der Waals surface area contributed by atoms with E-state index >= 15 is 0 Å². The molecule has 0 saturated heterocycles. The van der Waals surface area contributed by atoms with Crippen LogP contribution >= 0.6 is 10.5 Å². The fourth-order valence-electron chi connectivity index (χ4n) is 3.40. The SMILES string of the molecule is c1ccc2cc(-[s+]3c4ccccc4c4ccccc43)ccc2c1. The van der Waals surface area contributed by atoms with Gasteiger partial charge in [-0.2, -0.15) is 0 Å². The minimum atomic E-state index is 0.00342. The average Bonchev–Trinajstić information content (AvgIpc) is 2.96. The van der Waals surface area contributed by atoms with Crippen LogP contribution in [-0.2, 0) is 0 Å². The molecule has 0 aliphatic heterocycles. The molecule has 23 heavy (non-hydrogen) atoms. The van der Waals surface area contributed by atoms with E-state index in [1.807, 2.05) is 0 Å². The van der Waals surface area contributed by atoms with Gasteiger partial charge < -0.3 is 0 Å². The molecule has 5 rings (SSSR count). The van der Waals surface area contributed by atoms with E-state index < -0.39 is 0 Å². The van der Waals surface area contributed by atoms with Crippen molar-refractivity contribution in [2.45, 2.75) is 0 Å². The molecular formula is C22H15S+. The summed E-state index contributed by atoms with van der Waals surface area (Å²) in [5, 5.41) is 5.40. The summed E-state index contributed by atoms with van der Waals surface area (Å²) >= 11 is 0. The van der Waals surface area contributed by atoms with E-state index in [2.05, 4.69) is 91.0 Å². The van der Waals surface area contributed by atoms with E-state index in [4.69, 9.17) is 0 Å². The molecule has 1 heteroatoms. The van der Waals surface area contributed by atoms with E-state index in [1.54, 1.807) is 0 Å². The lowest BCUT2D eigenvalue weighted by Gasteiger charge is -1.98. The zero-order chi connectivity index (χ0) is 15.2. The number of benzene rings is 4. The number of hydrogen-bond acceptors (Lipinski definition) is 0. The number of rotatable bonds is 1. The average molecular weight is 311 g/mol. The molecule has 0 bridgehead atoms. The van der Waals surface area contributed by atoms with Crippen LogP contribution in [0.1, 0.15) is 0 Å². The molecule has 0 atom stereocenters. The lowest BCUT2D eigenvalue weighted by atomic mass is 10.1. The van der Waals surface area contributed by atoms with Gasteiger partial charge >= 0.3 is 0 Å². The molecule has 5 aromatic rings. The second-order valence-corrected chi connectivity index (χ2v) is 7.77. The fraction of sp³-hybridized carbons (Fsp3) is 0. The van der Waals surface area contributed by atoms with Crippen LogP contribution in [0.3, 0.4) is 0 Å². The molecule has 0 aliphatic carbocycles. The molecule has 0 radical (unpaired) electrons. The van der Waals surface area contributed by atoms with Crippen molar-refractivity contribution < 1.29 is 0 Å². The molecule has 108 valence electrons. The summed E-state index contributed by atoms with van der Waals surface area (Å²) in [6.07, 6.45) is 0. The largest absolute Gasteiger partial charge is 0.187 e. The lowest BCUT2D eigenvalue weighted by Crippen LogP contribution is -1.74. The van der Waals surface area contributed by atoms with Gasteiger partial charge in [-0.05, 0) is 47.2 Å². The molecule has 0 spiro atoms. The standard InChI is InChI=1S/C22H15S/c1-2-8-17-15-18(14-13-16(17)7-1)23-21-11-5-3-9-19(21)20-10-4-6-12-22(20)23/h1-15H/q+1. The van der Waals surface area contributed by atoms with Crippen molar-refractivity contribution in [1.82, 2.24) is 0 Å². The molecule has 0 aliphatic rings. The third-order valence-electron chi connectivity index (χ3n) is 4.46. The summed E-state index contributed by atoms with van der Waals surface area (Å²) in [5.74, 6) is 0. The molecule has 0 N–H and O–H groups in total. The summed E-state index contributed by atoms with van der Waals surface area (Å²) in [7, 11) is 0.00342. The maximum Gasteiger partial charge on any atom is 0.187 e. The molecule has 0 amide bonds. The molecule has 0 nitrogen and oxygen atoms in total. The minimum Gasteiger partial charge on any atom is -0.0616 e. The van der Waals surface area contributed by atoms with Gasteiger partial charge in [0.05, 0.1) is 0 Å². The maximum absolute atomic E-state index is 2.36. The van der Waals surface area contributed by atoms with Crippen molar-refractivity contribution in [3.8, 4) is 4.90 Å². The predicted molar refractivity (Wildman–Crippen MR) is 103 cm³/mol. The second kappa shape index (κ2) is 4.94. The quantitative estimate of drug-likeness (QED) is 0.296. The van der Waals surface area contributed by atoms with Gasteiger partial charge in [-0.15, -0.1) is 0 Å². The summed E-state index contributed by atoms with van der Waals surface area (Å²) in [4.78, 5) is 1.40. The van der Waals surface area contributed by atoms with E-state index in [-0.39, 0.29) is 10.5 Å². The first-order valence-corrected chi connectivity index (χ1v) is 9.06. The van der Waals surface area contributed by atoms with Crippen LogP contribution in [0.25, 0.3) is 35.8 Å². The molecule has 4 aromatic carbocycles. The third-order valence-corrected chi connectivity index (χ3v) is 6.78. The minimum absolute atomic E-state index is 0.00342. The number of thiophene rings is 1. The Hall–Kier alpha value is -2.64. The molecular weight excluding hydrogens is 296 g/mol. The van der Waals surface area contributed by atoms with Crippen molar-refractivity contribution >= 4 is 41.4 Å². The van der Waals surface area contributed by atoms with Crippen LogP contribution in [0.4, 0.5) is 0 Å². The molecule has 0 saturated carbocycles. The molecule has 0 fully saturated rings. The molecule has 1 aromatic heterocycles. The third kappa shape index (κ3) is 1.90. The van der Waals surface area contributed by atoms with Gasteiger partial charge in [-0.1, -0.05) is 48.5 Å². The van der Waals surface area contributed by atoms with Crippen molar-refractivity contribution in [3.63, 3.8) is 0 Å². The Morgan fingerprint density at radius 3 is 1.74 bits per heavy atom. The Kier molecular flexibility index (Phi) is 2.76. The van der Waals surface area contributed by atoms with E-state index in [1.165, 1.54) is 35.8 Å². The highest BCUT2D eigenvalue weighted by Gasteiger charge is 2.22. The first-order valence-electron chi connectivity index (χ1n) is 7.83. The van der Waals surface area contributed by atoms with Crippen LogP contribution in [0, 0.1) is 0 Å². The van der Waals surface area contributed by atoms with Gasteiger partial charge in [0.25, 0.3) is 0 Å². The summed E-state index contributed by atoms with van der Waals surface area (Å²) in [6, 6.07) is 33.2. The predicted octanol–water partition coefficient (Wildman–Crippen LogP) is 6.88. The van der Waals surface area contributed by atoms with Gasteiger partial charge in [0.1, 0.15) is 0 Å². The van der Waals surface area contributed by atoms with Crippen LogP contribution in [0.2, 0.25) is 0 Å². The Bertz CT molecular complexity index is 1110. The van der Waals surface area contributed by atoms with Crippen LogP contribution in [-0.4, -0.2) is 0 Å². The normalized spacial score (nSPS) is 11.5. The Labute approximate surface area is 137 Å². The monoisotopic (exact) mass is 311 g/mol. The highest BCUT2D eigenvalue weighted by atomic mass is 32.2. The lowest BCUT2D eigenvalue weighted by molar-refractivity contribution is 1.78. The Morgan fingerprint density at radius 1 is 0.478 bits per heavy atom. The van der Waals surface area contributed by atoms with Gasteiger partial charge in [0, 0.05) is 27.3 Å². The fourth-order valence-corrected chi connectivity index (χ4v) is 5.82. The summed E-state index contributed by atoms with van der Waals surface area (Å²) in [5.41, 5.74) is 0. The van der Waals surface area contributed by atoms with Crippen molar-refractivity contribution in [2.24, 2.45) is 0 Å². The maximum atomic E-state index is 2.36. The molecule has 1 heterocycles. The zero-order valence-corrected chi connectivity index (χ0v) is 13.4. The Balaban J connectivity index is 1.93. The van der Waals surface area contributed by atoms with Crippen LogP contribution < -0.4 is 0 Å². The smallest absolute Gasteiger partial charge is 0.0616 e. The van der Waals surface area contributed by atoms with E-state index in [0.29, 0.717) is 0 Å². The van der Waals surface area contributed by atoms with Gasteiger partial charge in [0.2, 0.25) is 0 Å². The number of fused-ring (bicyclic) bond motifs is 4. The molecule has 0 unspecified atom stereocenters. The van der Waals surface area contributed by atoms with Crippen LogP contribution in [0.5, 0.6) is 0 Å². The summed E-state index contributed by atoms with van der Waals surface area (Å²) < 4.78 is 2.90. The Morgan fingerprint density at radius 2 is 1.04 bits per heavy atom. The van der Waals surface area contributed by atoms with Gasteiger partial charge in [-0.3, -0.25) is 0 Å². The zero-order valence-electron chi connectivity index (χ0n) is 12.6. The first kappa shape index (κ1) is 12.9. The van der Waals surface area contributed by atoms with Crippen molar-refractivity contribution in [2.75, 3.05) is 0 Å². The second-order valence-electron chi connectivity index (χ2n) is 5.81. The van der Waals surface area contributed by atoms with E-state index in [0.717, 1.165) is 0 Å². The topological polar surface area (TPSA) is 0 Å². The van der Waals surface area contributed by atoms with Crippen molar-refractivity contribution in [3.05, 3.63) is 91.0 Å². The van der Waals surface area contributed by atoms with Crippen molar-refractivity contribution in [1.29, 1.82) is 0 Å². The first-order chi connectivity index (χ1) is 11.4. The van der Waals surface area contributed by atoms with Gasteiger partial charge in [0.15, 0.2) is 14.3 Å². The summed E-state index contributed by atoms with van der Waals surface area (Å²) in [6.45, 7) is 0. The van der Waals surface area contributed by atoms with Crippen LogP contribution in [0.15, 0.2) is 91.0 Å². The highest BCUT2D eigenvalue weighted by Crippen LogP contribution is 2.48. The number of hydrogen-bond donors (Lipinski definition) is 0. The van der Waals surface area contributed by atoms with Gasteiger partial charge in [-0.25, -0.2) is 0 Å².